The molecule has 6 aromatic carbocycles. The maximum atomic E-state index is 3.89. The normalized spacial score (nSPS) is 11.7. The van der Waals surface area contributed by atoms with Crippen molar-refractivity contribution < 1.29 is 0 Å². The zero-order valence-corrected chi connectivity index (χ0v) is 24.1. The second kappa shape index (κ2) is 12.0. The molecule has 6 rings (SSSR count). The van der Waals surface area contributed by atoms with E-state index in [0.717, 1.165) is 39.6 Å². The Morgan fingerprint density at radius 2 is 1.19 bits per heavy atom. The molecule has 0 spiro atoms. The summed E-state index contributed by atoms with van der Waals surface area (Å²) in [6.07, 6.45) is 8.05. The van der Waals surface area contributed by atoms with E-state index in [-0.39, 0.29) is 0 Å². The molecular weight excluding hydrogens is 508 g/mol. The van der Waals surface area contributed by atoms with Crippen molar-refractivity contribution in [2.45, 2.75) is 6.92 Å². The average Bonchev–Trinajstić information content (AvgIpc) is 3.05. The average molecular weight is 543 g/mol. The summed E-state index contributed by atoms with van der Waals surface area (Å²) in [5.41, 5.74) is 7.93. The molecule has 0 N–H and O–H groups in total. The molecule has 0 aliphatic heterocycles. The Morgan fingerprint density at radius 1 is 0.595 bits per heavy atom. The van der Waals surface area contributed by atoms with Crippen LogP contribution in [0.4, 0.5) is 28.4 Å². The summed E-state index contributed by atoms with van der Waals surface area (Å²) < 4.78 is 0. The monoisotopic (exact) mass is 542 g/mol. The maximum Gasteiger partial charge on any atom is 0.0540 e. The van der Waals surface area contributed by atoms with Gasteiger partial charge in [-0.05, 0) is 88.8 Å². The second-order valence-corrected chi connectivity index (χ2v) is 10.3. The standard InChI is InChI=1S/C40H34N2/c1-4-11-30(12-5-2)32-19-22-36(23-20-32)42(40-18-10-16-33-14-8-9-17-39(33)40)37-27-25-35(26-28-37)41(3)38-24-21-31-13-6-7-15-34(31)29-38/h4-29H,1H2,2-3H3/b12-5-,30-11+. The van der Waals surface area contributed by atoms with Gasteiger partial charge in [-0.15, -0.1) is 0 Å². The van der Waals surface area contributed by atoms with E-state index >= 15 is 0 Å². The van der Waals surface area contributed by atoms with E-state index in [0.29, 0.717) is 0 Å². The van der Waals surface area contributed by atoms with Crippen molar-refractivity contribution in [3.63, 3.8) is 0 Å². The van der Waals surface area contributed by atoms with E-state index in [1.807, 2.05) is 19.1 Å². The van der Waals surface area contributed by atoms with Crippen LogP contribution < -0.4 is 9.80 Å². The van der Waals surface area contributed by atoms with Gasteiger partial charge in [-0.3, -0.25) is 0 Å². The molecule has 0 aromatic heterocycles. The fourth-order valence-electron chi connectivity index (χ4n) is 5.55. The summed E-state index contributed by atoms with van der Waals surface area (Å²) in [6, 6.07) is 47.8. The number of benzene rings is 6. The Kier molecular flexibility index (Phi) is 7.70. The highest BCUT2D eigenvalue weighted by Gasteiger charge is 2.16. The van der Waals surface area contributed by atoms with Crippen LogP contribution in [0.3, 0.4) is 0 Å². The summed E-state index contributed by atoms with van der Waals surface area (Å²) in [4.78, 5) is 4.58. The molecule has 0 fully saturated rings. The van der Waals surface area contributed by atoms with E-state index < -0.39 is 0 Å². The van der Waals surface area contributed by atoms with Crippen LogP contribution in [0.1, 0.15) is 12.5 Å². The quantitative estimate of drug-likeness (QED) is 0.176. The van der Waals surface area contributed by atoms with Gasteiger partial charge in [0, 0.05) is 35.2 Å². The number of hydrogen-bond donors (Lipinski definition) is 0. The summed E-state index contributed by atoms with van der Waals surface area (Å²) in [5, 5.41) is 4.92. The van der Waals surface area contributed by atoms with Gasteiger partial charge in [-0.1, -0.05) is 110 Å². The van der Waals surface area contributed by atoms with Gasteiger partial charge in [0.25, 0.3) is 0 Å². The number of nitrogens with zero attached hydrogens (tertiary/aromatic N) is 2. The molecule has 0 saturated carbocycles. The fraction of sp³-hybridized carbons (Fsp3) is 0.0500. The number of hydrogen-bond acceptors (Lipinski definition) is 2. The minimum Gasteiger partial charge on any atom is -0.345 e. The molecule has 0 aliphatic carbocycles. The molecule has 0 aliphatic rings. The largest absolute Gasteiger partial charge is 0.345 e. The number of anilines is 5. The third kappa shape index (κ3) is 5.35. The Bertz CT molecular complexity index is 1910. The lowest BCUT2D eigenvalue weighted by Crippen LogP contribution is -2.12. The molecule has 6 aromatic rings. The number of allylic oxidation sites excluding steroid dienone is 5. The second-order valence-electron chi connectivity index (χ2n) is 10.3. The lowest BCUT2D eigenvalue weighted by molar-refractivity contribution is 1.21. The summed E-state index contributed by atoms with van der Waals surface area (Å²) in [6.45, 7) is 5.93. The first-order valence-corrected chi connectivity index (χ1v) is 14.3. The van der Waals surface area contributed by atoms with Crippen molar-refractivity contribution in [1.29, 1.82) is 0 Å². The minimum absolute atomic E-state index is 1.10. The van der Waals surface area contributed by atoms with Crippen LogP contribution in [0, 0.1) is 0 Å². The van der Waals surface area contributed by atoms with Crippen molar-refractivity contribution in [2.24, 2.45) is 0 Å². The van der Waals surface area contributed by atoms with Crippen molar-refractivity contribution in [2.75, 3.05) is 16.8 Å². The first-order valence-electron chi connectivity index (χ1n) is 14.3. The van der Waals surface area contributed by atoms with Crippen LogP contribution in [-0.4, -0.2) is 7.05 Å². The van der Waals surface area contributed by atoms with Crippen LogP contribution in [0.2, 0.25) is 0 Å². The Morgan fingerprint density at radius 3 is 1.90 bits per heavy atom. The predicted octanol–water partition coefficient (Wildman–Crippen LogP) is 11.4. The van der Waals surface area contributed by atoms with Gasteiger partial charge in [0.2, 0.25) is 0 Å². The van der Waals surface area contributed by atoms with Crippen LogP contribution in [0.15, 0.2) is 164 Å². The van der Waals surface area contributed by atoms with Gasteiger partial charge in [-0.2, -0.15) is 0 Å². The first kappa shape index (κ1) is 26.9. The van der Waals surface area contributed by atoms with Crippen LogP contribution in [0.5, 0.6) is 0 Å². The Labute approximate surface area is 248 Å². The highest BCUT2D eigenvalue weighted by atomic mass is 15.1. The molecule has 0 radical (unpaired) electrons. The molecule has 0 amide bonds. The van der Waals surface area contributed by atoms with Crippen LogP contribution >= 0.6 is 0 Å². The number of fused-ring (bicyclic) bond motifs is 2. The van der Waals surface area contributed by atoms with Crippen molar-refractivity contribution in [3.8, 4) is 0 Å². The number of rotatable bonds is 8. The fourth-order valence-corrected chi connectivity index (χ4v) is 5.55. The van der Waals surface area contributed by atoms with Crippen LogP contribution in [-0.2, 0) is 0 Å². The predicted molar refractivity (Wildman–Crippen MR) is 184 cm³/mol. The van der Waals surface area contributed by atoms with E-state index in [9.17, 15) is 0 Å². The zero-order chi connectivity index (χ0) is 28.9. The molecule has 0 bridgehead atoms. The summed E-state index contributed by atoms with van der Waals surface area (Å²) >= 11 is 0. The molecule has 0 atom stereocenters. The molecule has 204 valence electrons. The van der Waals surface area contributed by atoms with Crippen molar-refractivity contribution >= 4 is 55.6 Å². The highest BCUT2D eigenvalue weighted by molar-refractivity contribution is 5.99. The smallest absolute Gasteiger partial charge is 0.0540 e. The SMILES string of the molecule is C=C/C=C(\C=C/C)c1ccc(N(c2ccc(N(C)c3ccc4ccccc4c3)cc2)c2cccc3ccccc23)cc1. The van der Waals surface area contributed by atoms with Gasteiger partial charge in [0.15, 0.2) is 0 Å². The Balaban J connectivity index is 1.41. The molecule has 2 nitrogen and oxygen atoms in total. The molecule has 2 heteroatoms. The van der Waals surface area contributed by atoms with Crippen LogP contribution in [0.25, 0.3) is 27.1 Å². The summed E-state index contributed by atoms with van der Waals surface area (Å²) in [5.74, 6) is 0. The molecule has 0 heterocycles. The van der Waals surface area contributed by atoms with Crippen molar-refractivity contribution in [3.05, 3.63) is 170 Å². The van der Waals surface area contributed by atoms with E-state index in [1.54, 1.807) is 0 Å². The maximum absolute atomic E-state index is 3.89. The molecular formula is C40H34N2. The first-order chi connectivity index (χ1) is 20.7. The topological polar surface area (TPSA) is 6.48 Å². The molecule has 42 heavy (non-hydrogen) atoms. The van der Waals surface area contributed by atoms with E-state index in [2.05, 4.69) is 169 Å². The minimum atomic E-state index is 1.10. The van der Waals surface area contributed by atoms with Gasteiger partial charge in [-0.25, -0.2) is 0 Å². The molecule has 0 saturated heterocycles. The van der Waals surface area contributed by atoms with Gasteiger partial charge in [0.1, 0.15) is 0 Å². The van der Waals surface area contributed by atoms with Gasteiger partial charge < -0.3 is 9.80 Å². The van der Waals surface area contributed by atoms with E-state index in [4.69, 9.17) is 0 Å². The van der Waals surface area contributed by atoms with Gasteiger partial charge in [0.05, 0.1) is 5.69 Å². The zero-order valence-electron chi connectivity index (χ0n) is 24.1. The van der Waals surface area contributed by atoms with Crippen molar-refractivity contribution in [1.82, 2.24) is 0 Å². The summed E-state index contributed by atoms with van der Waals surface area (Å²) in [7, 11) is 2.12. The third-order valence-electron chi connectivity index (χ3n) is 7.73. The van der Waals surface area contributed by atoms with E-state index in [1.165, 1.54) is 21.5 Å². The molecule has 0 unspecified atom stereocenters. The lowest BCUT2D eigenvalue weighted by atomic mass is 10.0. The lowest BCUT2D eigenvalue weighted by Gasteiger charge is -2.28. The highest BCUT2D eigenvalue weighted by Crippen LogP contribution is 2.40. The Hall–Kier alpha value is -5.34. The third-order valence-corrected chi connectivity index (χ3v) is 7.73. The van der Waals surface area contributed by atoms with Gasteiger partial charge >= 0.3 is 0 Å².